The Kier molecular flexibility index (Phi) is 7.49. The van der Waals surface area contributed by atoms with Gasteiger partial charge < -0.3 is 9.84 Å². The van der Waals surface area contributed by atoms with Crippen LogP contribution in [0.2, 0.25) is 0 Å². The highest BCUT2D eigenvalue weighted by Crippen LogP contribution is 2.27. The number of aliphatic hydroxyl groups excluding tert-OH is 1. The lowest BCUT2D eigenvalue weighted by Gasteiger charge is -2.19. The molecule has 0 atom stereocenters. The fraction of sp³-hybridized carbons (Fsp3) is 0.500. The Morgan fingerprint density at radius 2 is 1.41 bits per heavy atom. The SMILES string of the molecule is CCOC(=O)c1cc(C)c2c(c1)CCCC2.Cc1cc(CO)cc2c1CCCC2. The standard InChI is InChI=1S/C14H18O2.C12H16O/c1-3-16-14(15)12-8-10(2)13-7-5-4-6-11(13)9-12;1-9-6-10(8-13)7-11-4-2-3-5-12(9)11/h8-9H,3-7H2,1-2H3;6-7,13H,2-5,8H2,1H3. The third-order valence-corrected chi connectivity index (χ3v) is 6.13. The second-order valence-electron chi connectivity index (χ2n) is 8.27. The molecule has 0 aliphatic heterocycles. The first kappa shape index (κ1) is 21.6. The summed E-state index contributed by atoms with van der Waals surface area (Å²) in [7, 11) is 0. The zero-order valence-corrected chi connectivity index (χ0v) is 18.1. The molecule has 4 rings (SSSR count). The van der Waals surface area contributed by atoms with E-state index in [-0.39, 0.29) is 12.6 Å². The van der Waals surface area contributed by atoms with Crippen molar-refractivity contribution in [3.8, 4) is 0 Å². The summed E-state index contributed by atoms with van der Waals surface area (Å²) in [4.78, 5) is 11.7. The molecule has 156 valence electrons. The van der Waals surface area contributed by atoms with Crippen LogP contribution in [-0.2, 0) is 37.0 Å². The zero-order valence-electron chi connectivity index (χ0n) is 18.1. The molecule has 2 aromatic rings. The Morgan fingerprint density at radius 3 is 2.00 bits per heavy atom. The maximum absolute atomic E-state index is 11.7. The fourth-order valence-corrected chi connectivity index (χ4v) is 4.68. The van der Waals surface area contributed by atoms with Crippen molar-refractivity contribution in [2.24, 2.45) is 0 Å². The lowest BCUT2D eigenvalue weighted by molar-refractivity contribution is 0.0526. The van der Waals surface area contributed by atoms with Gasteiger partial charge in [0.1, 0.15) is 0 Å². The van der Waals surface area contributed by atoms with Gasteiger partial charge in [-0.15, -0.1) is 0 Å². The van der Waals surface area contributed by atoms with E-state index in [2.05, 4.69) is 26.0 Å². The number of hydrogen-bond donors (Lipinski definition) is 1. The van der Waals surface area contributed by atoms with Gasteiger partial charge in [0.15, 0.2) is 0 Å². The highest BCUT2D eigenvalue weighted by atomic mass is 16.5. The van der Waals surface area contributed by atoms with Gasteiger partial charge in [-0.3, -0.25) is 0 Å². The number of carbonyl (C=O) groups is 1. The topological polar surface area (TPSA) is 46.5 Å². The summed E-state index contributed by atoms with van der Waals surface area (Å²) in [5.41, 5.74) is 10.2. The van der Waals surface area contributed by atoms with E-state index in [1.54, 1.807) is 0 Å². The van der Waals surface area contributed by atoms with Crippen molar-refractivity contribution in [2.45, 2.75) is 78.7 Å². The summed E-state index contributed by atoms with van der Waals surface area (Å²) >= 11 is 0. The second-order valence-corrected chi connectivity index (χ2v) is 8.27. The van der Waals surface area contributed by atoms with Gasteiger partial charge in [-0.05, 0) is 123 Å². The summed E-state index contributed by atoms with van der Waals surface area (Å²) < 4.78 is 5.04. The Balaban J connectivity index is 0.000000169. The van der Waals surface area contributed by atoms with Crippen molar-refractivity contribution in [1.29, 1.82) is 0 Å². The fourth-order valence-electron chi connectivity index (χ4n) is 4.68. The van der Waals surface area contributed by atoms with Crippen LogP contribution in [0, 0.1) is 13.8 Å². The van der Waals surface area contributed by atoms with E-state index in [0.717, 1.165) is 18.4 Å². The van der Waals surface area contributed by atoms with E-state index in [0.29, 0.717) is 12.2 Å². The number of esters is 1. The average Bonchev–Trinajstić information content (AvgIpc) is 2.74. The van der Waals surface area contributed by atoms with E-state index >= 15 is 0 Å². The first-order chi connectivity index (χ1) is 14.0. The van der Waals surface area contributed by atoms with Gasteiger partial charge in [0.05, 0.1) is 18.8 Å². The van der Waals surface area contributed by atoms with E-state index in [1.807, 2.05) is 19.1 Å². The molecule has 0 saturated carbocycles. The molecule has 0 amide bonds. The minimum atomic E-state index is -0.195. The van der Waals surface area contributed by atoms with Crippen LogP contribution in [0.3, 0.4) is 0 Å². The van der Waals surface area contributed by atoms with Crippen LogP contribution >= 0.6 is 0 Å². The molecule has 0 saturated heterocycles. The molecule has 0 heterocycles. The highest BCUT2D eigenvalue weighted by Gasteiger charge is 2.16. The first-order valence-corrected chi connectivity index (χ1v) is 11.0. The van der Waals surface area contributed by atoms with Gasteiger partial charge in [0.25, 0.3) is 0 Å². The molecule has 3 heteroatoms. The van der Waals surface area contributed by atoms with Crippen LogP contribution in [0.15, 0.2) is 24.3 Å². The minimum absolute atomic E-state index is 0.175. The van der Waals surface area contributed by atoms with Crippen LogP contribution in [0.25, 0.3) is 0 Å². The third-order valence-electron chi connectivity index (χ3n) is 6.13. The zero-order chi connectivity index (χ0) is 20.8. The molecule has 2 aliphatic carbocycles. The Labute approximate surface area is 175 Å². The second kappa shape index (κ2) is 10.1. The lowest BCUT2D eigenvalue weighted by atomic mass is 9.87. The summed E-state index contributed by atoms with van der Waals surface area (Å²) in [6.07, 6.45) is 9.82. The molecule has 2 aliphatic rings. The Hall–Kier alpha value is -2.13. The molecular weight excluding hydrogens is 360 g/mol. The van der Waals surface area contributed by atoms with Gasteiger partial charge >= 0.3 is 5.97 Å². The number of benzene rings is 2. The lowest BCUT2D eigenvalue weighted by Crippen LogP contribution is -2.10. The molecule has 1 N–H and O–H groups in total. The maximum Gasteiger partial charge on any atom is 0.338 e. The first-order valence-electron chi connectivity index (χ1n) is 11.0. The summed E-state index contributed by atoms with van der Waals surface area (Å²) in [5.74, 6) is -0.195. The summed E-state index contributed by atoms with van der Waals surface area (Å²) in [6, 6.07) is 8.26. The summed E-state index contributed by atoms with van der Waals surface area (Å²) in [5, 5.41) is 9.06. The van der Waals surface area contributed by atoms with Crippen molar-refractivity contribution in [3.05, 3.63) is 68.8 Å². The number of aryl methyl sites for hydroxylation is 4. The maximum atomic E-state index is 11.7. The summed E-state index contributed by atoms with van der Waals surface area (Å²) in [6.45, 7) is 6.70. The Morgan fingerprint density at radius 1 is 0.862 bits per heavy atom. The van der Waals surface area contributed by atoms with Crippen LogP contribution in [0.4, 0.5) is 0 Å². The number of ether oxygens (including phenoxy) is 1. The molecule has 0 fully saturated rings. The monoisotopic (exact) mass is 394 g/mol. The molecule has 0 radical (unpaired) electrons. The van der Waals surface area contributed by atoms with E-state index in [9.17, 15) is 4.79 Å². The van der Waals surface area contributed by atoms with Crippen LogP contribution in [-0.4, -0.2) is 17.7 Å². The van der Waals surface area contributed by atoms with Crippen molar-refractivity contribution in [2.75, 3.05) is 6.61 Å². The van der Waals surface area contributed by atoms with Gasteiger partial charge in [-0.25, -0.2) is 4.79 Å². The predicted octanol–water partition coefficient (Wildman–Crippen LogP) is 5.42. The van der Waals surface area contributed by atoms with E-state index in [4.69, 9.17) is 9.84 Å². The quantitative estimate of drug-likeness (QED) is 0.708. The van der Waals surface area contributed by atoms with Gasteiger partial charge in [-0.2, -0.15) is 0 Å². The molecule has 29 heavy (non-hydrogen) atoms. The third kappa shape index (κ3) is 5.27. The molecule has 3 nitrogen and oxygen atoms in total. The molecular formula is C26H34O3. The van der Waals surface area contributed by atoms with Gasteiger partial charge in [0.2, 0.25) is 0 Å². The molecule has 0 bridgehead atoms. The Bertz CT molecular complexity index is 867. The van der Waals surface area contributed by atoms with Gasteiger partial charge in [-0.1, -0.05) is 12.1 Å². The predicted molar refractivity (Wildman–Crippen MR) is 118 cm³/mol. The number of hydrogen-bond acceptors (Lipinski definition) is 3. The molecule has 0 spiro atoms. The minimum Gasteiger partial charge on any atom is -0.462 e. The van der Waals surface area contributed by atoms with Crippen LogP contribution in [0.1, 0.15) is 81.9 Å². The number of rotatable bonds is 3. The largest absolute Gasteiger partial charge is 0.462 e. The smallest absolute Gasteiger partial charge is 0.338 e. The van der Waals surface area contributed by atoms with Crippen molar-refractivity contribution < 1.29 is 14.6 Å². The van der Waals surface area contributed by atoms with E-state index in [1.165, 1.54) is 71.9 Å². The van der Waals surface area contributed by atoms with Gasteiger partial charge in [0, 0.05) is 0 Å². The number of fused-ring (bicyclic) bond motifs is 2. The average molecular weight is 395 g/mol. The molecule has 0 unspecified atom stereocenters. The van der Waals surface area contributed by atoms with Crippen molar-refractivity contribution in [3.63, 3.8) is 0 Å². The van der Waals surface area contributed by atoms with Crippen molar-refractivity contribution in [1.82, 2.24) is 0 Å². The number of carbonyl (C=O) groups excluding carboxylic acids is 1. The molecule has 2 aromatic carbocycles. The normalized spacial score (nSPS) is 14.9. The molecule has 0 aromatic heterocycles. The van der Waals surface area contributed by atoms with Crippen molar-refractivity contribution >= 4 is 5.97 Å². The van der Waals surface area contributed by atoms with E-state index < -0.39 is 0 Å². The highest BCUT2D eigenvalue weighted by molar-refractivity contribution is 5.90. The van der Waals surface area contributed by atoms with Crippen LogP contribution < -0.4 is 0 Å². The van der Waals surface area contributed by atoms with Crippen LogP contribution in [0.5, 0.6) is 0 Å². The number of aliphatic hydroxyl groups is 1.